The van der Waals surface area contributed by atoms with Crippen LogP contribution >= 0.6 is 15.9 Å². The molecule has 1 atom stereocenters. The molecule has 19 heavy (non-hydrogen) atoms. The third kappa shape index (κ3) is 3.50. The molecule has 1 aromatic carbocycles. The van der Waals surface area contributed by atoms with Gasteiger partial charge in [0.05, 0.1) is 6.61 Å². The molecule has 2 rings (SSSR count). The summed E-state index contributed by atoms with van der Waals surface area (Å²) in [6.45, 7) is 1.25. The van der Waals surface area contributed by atoms with E-state index in [1.165, 1.54) is 0 Å². The van der Waals surface area contributed by atoms with Crippen LogP contribution in [0.15, 0.2) is 21.5 Å². The lowest BCUT2D eigenvalue weighted by atomic mass is 10.1. The Morgan fingerprint density at radius 3 is 2.74 bits per heavy atom. The highest BCUT2D eigenvalue weighted by Crippen LogP contribution is 2.26. The Morgan fingerprint density at radius 1 is 1.42 bits per heavy atom. The molecule has 0 aliphatic carbocycles. The lowest BCUT2D eigenvalue weighted by molar-refractivity contribution is 0.186. The summed E-state index contributed by atoms with van der Waals surface area (Å²) < 4.78 is 57.8. The Bertz CT molecular complexity index is 550. The van der Waals surface area contributed by atoms with E-state index < -0.39 is 26.6 Å². The SMILES string of the molecule is O=S(=O)(NCC1CCOC1)c1c(F)cc(F)cc1Br. The molecule has 4 nitrogen and oxygen atoms in total. The van der Waals surface area contributed by atoms with Gasteiger partial charge in [0, 0.05) is 23.7 Å². The summed E-state index contributed by atoms with van der Waals surface area (Å²) in [4.78, 5) is -0.576. The molecule has 1 N–H and O–H groups in total. The summed E-state index contributed by atoms with van der Waals surface area (Å²) in [6.07, 6.45) is 0.760. The largest absolute Gasteiger partial charge is 0.381 e. The zero-order valence-corrected chi connectivity index (χ0v) is 12.2. The first-order valence-electron chi connectivity index (χ1n) is 5.62. The van der Waals surface area contributed by atoms with Crippen LogP contribution in [0.1, 0.15) is 6.42 Å². The summed E-state index contributed by atoms with van der Waals surface area (Å²) in [5, 5.41) is 0. The molecule has 1 heterocycles. The second-order valence-electron chi connectivity index (χ2n) is 4.28. The smallest absolute Gasteiger partial charge is 0.244 e. The van der Waals surface area contributed by atoms with Gasteiger partial charge in [-0.2, -0.15) is 0 Å². The minimum absolute atomic E-state index is 0.0806. The van der Waals surface area contributed by atoms with Crippen molar-refractivity contribution in [2.45, 2.75) is 11.3 Å². The number of hydrogen-bond acceptors (Lipinski definition) is 3. The first-order chi connectivity index (χ1) is 8.90. The predicted molar refractivity (Wildman–Crippen MR) is 68.2 cm³/mol. The van der Waals surface area contributed by atoms with Crippen molar-refractivity contribution in [3.63, 3.8) is 0 Å². The standard InChI is InChI=1S/C11H12BrF2NO3S/c12-9-3-8(13)4-10(14)11(9)19(16,17)15-5-7-1-2-18-6-7/h3-4,7,15H,1-2,5-6H2. The molecule has 0 aromatic heterocycles. The fourth-order valence-corrected chi connectivity index (χ4v) is 4.11. The van der Waals surface area contributed by atoms with Crippen LogP contribution in [0.5, 0.6) is 0 Å². The first kappa shape index (κ1) is 14.8. The molecule has 1 aliphatic heterocycles. The molecule has 0 radical (unpaired) electrons. The van der Waals surface area contributed by atoms with Gasteiger partial charge in [0.15, 0.2) is 0 Å². The van der Waals surface area contributed by atoms with E-state index in [9.17, 15) is 17.2 Å². The highest BCUT2D eigenvalue weighted by atomic mass is 79.9. The van der Waals surface area contributed by atoms with Crippen LogP contribution < -0.4 is 4.72 Å². The molecule has 0 spiro atoms. The zero-order valence-electron chi connectivity index (χ0n) is 9.83. The molecule has 1 unspecified atom stereocenters. The molecule has 8 heteroatoms. The van der Waals surface area contributed by atoms with Gasteiger partial charge in [-0.3, -0.25) is 0 Å². The van der Waals surface area contributed by atoms with E-state index in [1.807, 2.05) is 0 Å². The zero-order chi connectivity index (χ0) is 14.0. The van der Waals surface area contributed by atoms with Crippen LogP contribution in [0.4, 0.5) is 8.78 Å². The maximum atomic E-state index is 13.6. The molecular weight excluding hydrogens is 344 g/mol. The Hall–Kier alpha value is -0.570. The number of benzene rings is 1. The molecule has 1 aromatic rings. The summed E-state index contributed by atoms with van der Waals surface area (Å²) in [5.74, 6) is -1.88. The predicted octanol–water partition coefficient (Wildman–Crippen LogP) is 2.04. The van der Waals surface area contributed by atoms with Crippen molar-refractivity contribution >= 4 is 26.0 Å². The molecular formula is C11H12BrF2NO3S. The monoisotopic (exact) mass is 355 g/mol. The van der Waals surface area contributed by atoms with E-state index in [2.05, 4.69) is 20.7 Å². The van der Waals surface area contributed by atoms with Gasteiger partial charge in [-0.05, 0) is 34.3 Å². The third-order valence-electron chi connectivity index (χ3n) is 2.82. The summed E-state index contributed by atoms with van der Waals surface area (Å²) in [5.41, 5.74) is 0. The van der Waals surface area contributed by atoms with Gasteiger partial charge >= 0.3 is 0 Å². The normalized spacial score (nSPS) is 19.8. The van der Waals surface area contributed by atoms with Gasteiger partial charge in [-0.1, -0.05) is 0 Å². The topological polar surface area (TPSA) is 55.4 Å². The first-order valence-corrected chi connectivity index (χ1v) is 7.90. The lowest BCUT2D eigenvalue weighted by Crippen LogP contribution is -2.30. The molecule has 1 aliphatic rings. The fourth-order valence-electron chi connectivity index (χ4n) is 1.83. The maximum absolute atomic E-state index is 13.6. The van der Waals surface area contributed by atoms with Gasteiger partial charge in [-0.25, -0.2) is 21.9 Å². The maximum Gasteiger partial charge on any atom is 0.244 e. The van der Waals surface area contributed by atoms with Gasteiger partial charge in [0.25, 0.3) is 0 Å². The van der Waals surface area contributed by atoms with Crippen molar-refractivity contribution in [2.24, 2.45) is 5.92 Å². The van der Waals surface area contributed by atoms with Crippen LogP contribution in [0, 0.1) is 17.6 Å². The fraction of sp³-hybridized carbons (Fsp3) is 0.455. The molecule has 0 bridgehead atoms. The van der Waals surface area contributed by atoms with E-state index in [4.69, 9.17) is 4.74 Å². The number of rotatable bonds is 4. The Labute approximate surface area is 118 Å². The average Bonchev–Trinajstić information content (AvgIpc) is 2.77. The average molecular weight is 356 g/mol. The number of hydrogen-bond donors (Lipinski definition) is 1. The van der Waals surface area contributed by atoms with E-state index >= 15 is 0 Å². The minimum atomic E-state index is -4.02. The van der Waals surface area contributed by atoms with Crippen LogP contribution in [0.3, 0.4) is 0 Å². The lowest BCUT2D eigenvalue weighted by Gasteiger charge is -2.12. The minimum Gasteiger partial charge on any atom is -0.381 e. The van der Waals surface area contributed by atoms with Crippen LogP contribution in [-0.4, -0.2) is 28.2 Å². The molecule has 1 saturated heterocycles. The Morgan fingerprint density at radius 2 is 2.16 bits per heavy atom. The number of sulfonamides is 1. The van der Waals surface area contributed by atoms with Gasteiger partial charge in [0.1, 0.15) is 16.5 Å². The summed E-state index contributed by atoms with van der Waals surface area (Å²) in [7, 11) is -4.02. The molecule has 0 amide bonds. The third-order valence-corrected chi connectivity index (χ3v) is 5.20. The number of halogens is 3. The van der Waals surface area contributed by atoms with Crippen LogP contribution in [-0.2, 0) is 14.8 Å². The van der Waals surface area contributed by atoms with Crippen molar-refractivity contribution in [3.8, 4) is 0 Å². The Balaban J connectivity index is 2.19. The van der Waals surface area contributed by atoms with Gasteiger partial charge in [-0.15, -0.1) is 0 Å². The Kier molecular flexibility index (Phi) is 4.54. The van der Waals surface area contributed by atoms with Crippen molar-refractivity contribution < 1.29 is 21.9 Å². The summed E-state index contributed by atoms with van der Waals surface area (Å²) in [6, 6.07) is 1.45. The van der Waals surface area contributed by atoms with E-state index in [-0.39, 0.29) is 16.9 Å². The molecule has 1 fully saturated rings. The summed E-state index contributed by atoms with van der Waals surface area (Å²) >= 11 is 2.86. The highest BCUT2D eigenvalue weighted by molar-refractivity contribution is 9.10. The van der Waals surface area contributed by atoms with Gasteiger partial charge < -0.3 is 4.74 Å². The second kappa shape index (κ2) is 5.82. The number of ether oxygens (including phenoxy) is 1. The quantitative estimate of drug-likeness (QED) is 0.899. The van der Waals surface area contributed by atoms with Crippen LogP contribution in [0.2, 0.25) is 0 Å². The second-order valence-corrected chi connectivity index (χ2v) is 6.84. The van der Waals surface area contributed by atoms with Crippen molar-refractivity contribution in [2.75, 3.05) is 19.8 Å². The van der Waals surface area contributed by atoms with E-state index in [0.29, 0.717) is 19.3 Å². The van der Waals surface area contributed by atoms with Crippen molar-refractivity contribution in [3.05, 3.63) is 28.2 Å². The van der Waals surface area contributed by atoms with E-state index in [1.54, 1.807) is 0 Å². The number of nitrogens with one attached hydrogen (secondary N) is 1. The van der Waals surface area contributed by atoms with Crippen LogP contribution in [0.25, 0.3) is 0 Å². The van der Waals surface area contributed by atoms with Crippen molar-refractivity contribution in [1.29, 1.82) is 0 Å². The van der Waals surface area contributed by atoms with Crippen molar-refractivity contribution in [1.82, 2.24) is 4.72 Å². The van der Waals surface area contributed by atoms with Gasteiger partial charge in [0.2, 0.25) is 10.0 Å². The molecule has 0 saturated carbocycles. The molecule has 106 valence electrons. The van der Waals surface area contributed by atoms with E-state index in [0.717, 1.165) is 12.5 Å². The highest BCUT2D eigenvalue weighted by Gasteiger charge is 2.25.